The van der Waals surface area contributed by atoms with E-state index in [1.165, 1.54) is 24.5 Å². The number of ketones is 1. The van der Waals surface area contributed by atoms with Crippen molar-refractivity contribution in [2.45, 2.75) is 20.3 Å². The third kappa shape index (κ3) is 8.57. The van der Waals surface area contributed by atoms with Gasteiger partial charge in [-0.05, 0) is 38.1 Å². The summed E-state index contributed by atoms with van der Waals surface area (Å²) in [4.78, 5) is 43.3. The van der Waals surface area contributed by atoms with E-state index in [2.05, 4.69) is 38.4 Å². The van der Waals surface area contributed by atoms with Crippen LogP contribution in [0.4, 0.5) is 5.82 Å². The number of aromatic nitrogens is 4. The third-order valence-electron chi connectivity index (χ3n) is 5.34. The van der Waals surface area contributed by atoms with Crippen LogP contribution in [0.3, 0.4) is 0 Å². The molecule has 4 heterocycles. The molecule has 0 saturated heterocycles. The standard InChI is InChI=1S/C31H25Cl2N5O4/c1-5-22(9-18(2)3)41-23-10-19(4)35-26(14-23)28(39)13-21-12-24(42-25-11-20(32)16-34-17-25)15-27(36-21)31(40)38-30-8-6-7-29(33)37-30/h5-12,14-17H,1-2,13H2,3-4H3,(H,37,38,40). The Hall–Kier alpha value is -4.86. The summed E-state index contributed by atoms with van der Waals surface area (Å²) in [6.07, 6.45) is 6.00. The summed E-state index contributed by atoms with van der Waals surface area (Å²) >= 11 is 12.0. The lowest BCUT2D eigenvalue weighted by Gasteiger charge is -2.12. The number of nitrogens with zero attached hydrogens (tertiary/aromatic N) is 4. The van der Waals surface area contributed by atoms with Gasteiger partial charge < -0.3 is 14.8 Å². The van der Waals surface area contributed by atoms with E-state index in [-0.39, 0.29) is 46.0 Å². The molecule has 11 heteroatoms. The van der Waals surface area contributed by atoms with Gasteiger partial charge in [0.05, 0.1) is 23.3 Å². The van der Waals surface area contributed by atoms with Crippen molar-refractivity contribution < 1.29 is 19.1 Å². The Morgan fingerprint density at radius 3 is 2.48 bits per heavy atom. The number of hydrogen-bond acceptors (Lipinski definition) is 8. The highest BCUT2D eigenvalue weighted by atomic mass is 35.5. The fraction of sp³-hybridized carbons (Fsp3) is 0.0968. The van der Waals surface area contributed by atoms with Crippen LogP contribution in [0.25, 0.3) is 0 Å². The molecular weight excluding hydrogens is 577 g/mol. The molecule has 0 spiro atoms. The largest absolute Gasteiger partial charge is 0.457 e. The molecule has 0 aromatic carbocycles. The molecule has 9 nitrogen and oxygen atoms in total. The van der Waals surface area contributed by atoms with Gasteiger partial charge in [0, 0.05) is 42.2 Å². The fourth-order valence-corrected chi connectivity index (χ4v) is 4.00. The number of hydrogen-bond donors (Lipinski definition) is 1. The van der Waals surface area contributed by atoms with Gasteiger partial charge in [-0.1, -0.05) is 48.0 Å². The molecule has 0 saturated carbocycles. The zero-order valence-electron chi connectivity index (χ0n) is 22.7. The average molecular weight is 602 g/mol. The first-order chi connectivity index (χ1) is 20.1. The van der Waals surface area contributed by atoms with Crippen molar-refractivity contribution in [1.82, 2.24) is 19.9 Å². The molecule has 1 N–H and O–H groups in total. The molecule has 0 aliphatic carbocycles. The number of nitrogens with one attached hydrogen (secondary N) is 1. The van der Waals surface area contributed by atoms with Crippen LogP contribution in [-0.2, 0) is 6.42 Å². The first-order valence-electron chi connectivity index (χ1n) is 12.5. The summed E-state index contributed by atoms with van der Waals surface area (Å²) in [5.41, 5.74) is 1.75. The van der Waals surface area contributed by atoms with Gasteiger partial charge in [0.25, 0.3) is 5.91 Å². The van der Waals surface area contributed by atoms with Gasteiger partial charge in [-0.25, -0.2) is 15.0 Å². The van der Waals surface area contributed by atoms with Crippen molar-refractivity contribution in [3.63, 3.8) is 0 Å². The number of carbonyl (C=O) groups excluding carboxylic acids is 2. The lowest BCUT2D eigenvalue weighted by molar-refractivity contribution is 0.0981. The van der Waals surface area contributed by atoms with E-state index in [0.717, 1.165) is 5.57 Å². The van der Waals surface area contributed by atoms with Gasteiger partial charge in [-0.15, -0.1) is 0 Å². The quantitative estimate of drug-likeness (QED) is 0.0819. The Labute approximate surface area is 252 Å². The van der Waals surface area contributed by atoms with Crippen molar-refractivity contribution in [2.24, 2.45) is 0 Å². The minimum absolute atomic E-state index is 0.0196. The highest BCUT2D eigenvalue weighted by molar-refractivity contribution is 6.30. The topological polar surface area (TPSA) is 116 Å². The van der Waals surface area contributed by atoms with Crippen molar-refractivity contribution in [3.05, 3.63) is 131 Å². The molecule has 0 atom stereocenters. The summed E-state index contributed by atoms with van der Waals surface area (Å²) in [7, 11) is 0. The van der Waals surface area contributed by atoms with Crippen LogP contribution in [-0.4, -0.2) is 31.6 Å². The van der Waals surface area contributed by atoms with Crippen molar-refractivity contribution in [1.29, 1.82) is 0 Å². The van der Waals surface area contributed by atoms with Gasteiger partial charge in [-0.2, -0.15) is 0 Å². The average Bonchev–Trinajstić information content (AvgIpc) is 2.92. The number of Topliss-reactive ketones (excluding diaryl/α,β-unsaturated/α-hetero) is 1. The van der Waals surface area contributed by atoms with Crippen LogP contribution in [0.15, 0.2) is 97.6 Å². The van der Waals surface area contributed by atoms with E-state index in [1.54, 1.807) is 55.5 Å². The molecule has 0 fully saturated rings. The first kappa shape index (κ1) is 30.1. The number of pyridine rings is 4. The summed E-state index contributed by atoms with van der Waals surface area (Å²) in [5.74, 6) is 0.737. The minimum Gasteiger partial charge on any atom is -0.457 e. The smallest absolute Gasteiger partial charge is 0.275 e. The predicted molar refractivity (Wildman–Crippen MR) is 161 cm³/mol. The lowest BCUT2D eigenvalue weighted by Crippen LogP contribution is -2.17. The van der Waals surface area contributed by atoms with Gasteiger partial charge >= 0.3 is 0 Å². The molecule has 4 aromatic heterocycles. The van der Waals surface area contributed by atoms with Crippen LogP contribution in [0.5, 0.6) is 17.2 Å². The monoisotopic (exact) mass is 601 g/mol. The van der Waals surface area contributed by atoms with Gasteiger partial charge in [0.15, 0.2) is 5.78 Å². The Balaban J connectivity index is 1.64. The molecule has 4 aromatic rings. The Morgan fingerprint density at radius 1 is 0.976 bits per heavy atom. The zero-order valence-corrected chi connectivity index (χ0v) is 24.2. The number of ether oxygens (including phenoxy) is 2. The van der Waals surface area contributed by atoms with Crippen LogP contribution in [0.1, 0.15) is 39.3 Å². The second-order valence-corrected chi connectivity index (χ2v) is 9.87. The first-order valence-corrected chi connectivity index (χ1v) is 13.3. The van der Waals surface area contributed by atoms with Crippen LogP contribution in [0, 0.1) is 6.92 Å². The molecule has 4 rings (SSSR count). The Bertz CT molecular complexity index is 1720. The fourth-order valence-electron chi connectivity index (χ4n) is 3.67. The number of aryl methyl sites for hydroxylation is 1. The molecule has 1 amide bonds. The molecule has 0 radical (unpaired) electrons. The highest BCUT2D eigenvalue weighted by Crippen LogP contribution is 2.26. The number of amides is 1. The second-order valence-electron chi connectivity index (χ2n) is 9.05. The van der Waals surface area contributed by atoms with Gasteiger partial charge in [-0.3, -0.25) is 14.6 Å². The van der Waals surface area contributed by atoms with Crippen LogP contribution < -0.4 is 14.8 Å². The number of carbonyl (C=O) groups is 2. The zero-order chi connectivity index (χ0) is 30.2. The predicted octanol–water partition coefficient (Wildman–Crippen LogP) is 7.38. The van der Waals surface area contributed by atoms with Crippen LogP contribution >= 0.6 is 23.2 Å². The normalized spacial score (nSPS) is 11.0. The summed E-state index contributed by atoms with van der Waals surface area (Å²) in [6, 6.07) is 12.6. The molecule has 0 unspecified atom stereocenters. The molecule has 0 bridgehead atoms. The number of halogens is 2. The van der Waals surface area contributed by atoms with E-state index in [4.69, 9.17) is 32.7 Å². The highest BCUT2D eigenvalue weighted by Gasteiger charge is 2.18. The maximum Gasteiger partial charge on any atom is 0.275 e. The lowest BCUT2D eigenvalue weighted by atomic mass is 10.1. The Morgan fingerprint density at radius 2 is 1.76 bits per heavy atom. The molecule has 0 aliphatic rings. The second kappa shape index (κ2) is 13.7. The minimum atomic E-state index is -0.584. The SMILES string of the molecule is C=CC(=CC(=C)C)Oc1cc(C)nc(C(=O)Cc2cc(Oc3cncc(Cl)c3)cc(C(=O)Nc3cccc(Cl)n3)n2)c1. The number of allylic oxidation sites excluding steroid dienone is 3. The van der Waals surface area contributed by atoms with E-state index >= 15 is 0 Å². The van der Waals surface area contributed by atoms with Crippen molar-refractivity contribution >= 4 is 40.7 Å². The Kier molecular flexibility index (Phi) is 9.80. The van der Waals surface area contributed by atoms with E-state index in [0.29, 0.717) is 28.0 Å². The van der Waals surface area contributed by atoms with Crippen LogP contribution in [0.2, 0.25) is 10.2 Å². The van der Waals surface area contributed by atoms with Crippen molar-refractivity contribution in [3.8, 4) is 17.2 Å². The van der Waals surface area contributed by atoms with Gasteiger partial charge in [0.2, 0.25) is 0 Å². The molecule has 0 aliphatic heterocycles. The molecular formula is C31H25Cl2N5O4. The third-order valence-corrected chi connectivity index (χ3v) is 5.75. The van der Waals surface area contributed by atoms with E-state index in [9.17, 15) is 9.59 Å². The maximum atomic E-state index is 13.4. The summed E-state index contributed by atoms with van der Waals surface area (Å²) in [5, 5.41) is 3.22. The van der Waals surface area contributed by atoms with Crippen molar-refractivity contribution in [2.75, 3.05) is 5.32 Å². The number of anilines is 1. The van der Waals surface area contributed by atoms with E-state index < -0.39 is 5.91 Å². The maximum absolute atomic E-state index is 13.4. The molecule has 212 valence electrons. The molecule has 42 heavy (non-hydrogen) atoms. The summed E-state index contributed by atoms with van der Waals surface area (Å²) < 4.78 is 11.8. The summed E-state index contributed by atoms with van der Waals surface area (Å²) in [6.45, 7) is 11.2. The van der Waals surface area contributed by atoms with Gasteiger partial charge in [0.1, 0.15) is 45.4 Å². The van der Waals surface area contributed by atoms with E-state index in [1.807, 2.05) is 6.92 Å². The number of rotatable bonds is 11.